The maximum absolute atomic E-state index is 14.3. The fourth-order valence-corrected chi connectivity index (χ4v) is 2.86. The van der Waals surface area contributed by atoms with Gasteiger partial charge in [-0.2, -0.15) is 0 Å². The zero-order valence-electron chi connectivity index (χ0n) is 14.1. The fourth-order valence-electron chi connectivity index (χ4n) is 2.86. The molecule has 2 aromatic carbocycles. The zero-order chi connectivity index (χ0) is 20.0. The third kappa shape index (κ3) is 2.67. The van der Waals surface area contributed by atoms with E-state index in [0.29, 0.717) is 5.56 Å². The number of hydrogen-bond acceptors (Lipinski definition) is 5. The largest absolute Gasteiger partial charge is 0.508 e. The molecule has 0 radical (unpaired) electrons. The van der Waals surface area contributed by atoms with E-state index in [-0.39, 0.29) is 28.4 Å². The molecule has 2 aromatic heterocycles. The van der Waals surface area contributed by atoms with Crippen LogP contribution in [0, 0.1) is 17.0 Å². The number of benzene rings is 2. The van der Waals surface area contributed by atoms with Crippen molar-refractivity contribution < 1.29 is 13.9 Å². The summed E-state index contributed by atoms with van der Waals surface area (Å²) in [5.74, 6) is -2.46. The Labute approximate surface area is 155 Å². The van der Waals surface area contributed by atoms with Gasteiger partial charge in [0.1, 0.15) is 40.1 Å². The number of hydrogen-bond donors (Lipinski definition) is 4. The molecule has 0 aliphatic carbocycles. The van der Waals surface area contributed by atoms with Gasteiger partial charge < -0.3 is 15.8 Å². The van der Waals surface area contributed by atoms with Crippen molar-refractivity contribution in [1.82, 2.24) is 19.5 Å². The second-order valence-corrected chi connectivity index (χ2v) is 5.89. The summed E-state index contributed by atoms with van der Waals surface area (Å²) in [5.41, 5.74) is 4.14. The third-order valence-corrected chi connectivity index (χ3v) is 4.06. The van der Waals surface area contributed by atoms with Crippen molar-refractivity contribution >= 4 is 17.0 Å². The first-order valence-corrected chi connectivity index (χ1v) is 7.98. The SMILES string of the molecule is N=C(N)c1nc(-c2cccc(O)c2)nc2c1[nH]c(=O)n2-c1c(F)cccc1F. The van der Waals surface area contributed by atoms with Gasteiger partial charge in [0.05, 0.1) is 0 Å². The van der Waals surface area contributed by atoms with Crippen LogP contribution in [0.3, 0.4) is 0 Å². The van der Waals surface area contributed by atoms with E-state index in [1.807, 2.05) is 0 Å². The van der Waals surface area contributed by atoms with Gasteiger partial charge >= 0.3 is 5.69 Å². The molecule has 10 heteroatoms. The van der Waals surface area contributed by atoms with Gasteiger partial charge in [-0.15, -0.1) is 0 Å². The van der Waals surface area contributed by atoms with Crippen molar-refractivity contribution in [2.75, 3.05) is 0 Å². The van der Waals surface area contributed by atoms with Crippen LogP contribution in [0.1, 0.15) is 5.69 Å². The number of amidine groups is 1. The molecule has 0 aliphatic heterocycles. The first-order valence-electron chi connectivity index (χ1n) is 7.98. The van der Waals surface area contributed by atoms with Crippen LogP contribution in [0.25, 0.3) is 28.2 Å². The molecule has 2 heterocycles. The van der Waals surface area contributed by atoms with E-state index < -0.39 is 28.8 Å². The van der Waals surface area contributed by atoms with E-state index in [0.717, 1.165) is 16.7 Å². The van der Waals surface area contributed by atoms with E-state index in [1.165, 1.54) is 18.2 Å². The molecule has 0 saturated heterocycles. The van der Waals surface area contributed by atoms with Crippen LogP contribution in [-0.4, -0.2) is 30.5 Å². The number of nitrogens with zero attached hydrogens (tertiary/aromatic N) is 3. The van der Waals surface area contributed by atoms with Gasteiger partial charge in [-0.25, -0.2) is 28.1 Å². The molecule has 0 bridgehead atoms. The van der Waals surface area contributed by atoms with E-state index in [9.17, 15) is 18.7 Å². The number of phenolic OH excluding ortho intramolecular Hbond substituents is 1. The Kier molecular flexibility index (Phi) is 3.88. The lowest BCUT2D eigenvalue weighted by molar-refractivity contribution is 0.475. The minimum Gasteiger partial charge on any atom is -0.508 e. The lowest BCUT2D eigenvalue weighted by Gasteiger charge is -2.08. The molecule has 140 valence electrons. The fraction of sp³-hybridized carbons (Fsp3) is 0. The molecular formula is C18H12F2N6O2. The van der Waals surface area contributed by atoms with E-state index >= 15 is 0 Å². The Morgan fingerprint density at radius 2 is 1.82 bits per heavy atom. The van der Waals surface area contributed by atoms with Crippen LogP contribution in [0.2, 0.25) is 0 Å². The minimum atomic E-state index is -0.968. The lowest BCUT2D eigenvalue weighted by atomic mass is 10.2. The Bertz CT molecular complexity index is 1290. The van der Waals surface area contributed by atoms with Crippen molar-refractivity contribution in [1.29, 1.82) is 5.41 Å². The molecule has 0 aliphatic rings. The normalized spacial score (nSPS) is 11.1. The molecule has 0 unspecified atom stereocenters. The third-order valence-electron chi connectivity index (χ3n) is 4.06. The molecule has 0 atom stereocenters. The van der Waals surface area contributed by atoms with Gasteiger partial charge in [0.25, 0.3) is 0 Å². The maximum atomic E-state index is 14.3. The number of nitrogens with two attached hydrogens (primary N) is 1. The average Bonchev–Trinajstić information content (AvgIpc) is 2.96. The molecule has 5 N–H and O–H groups in total. The minimum absolute atomic E-state index is 0.0121. The monoisotopic (exact) mass is 382 g/mol. The molecular weight excluding hydrogens is 370 g/mol. The topological polar surface area (TPSA) is 134 Å². The summed E-state index contributed by atoms with van der Waals surface area (Å²) >= 11 is 0. The Morgan fingerprint density at radius 3 is 2.46 bits per heavy atom. The van der Waals surface area contributed by atoms with Crippen molar-refractivity contribution in [3.8, 4) is 22.8 Å². The molecule has 0 spiro atoms. The summed E-state index contributed by atoms with van der Waals surface area (Å²) in [6, 6.07) is 9.12. The maximum Gasteiger partial charge on any atom is 0.332 e. The van der Waals surface area contributed by atoms with Crippen molar-refractivity contribution in [3.05, 3.63) is 70.3 Å². The Morgan fingerprint density at radius 1 is 1.14 bits per heavy atom. The van der Waals surface area contributed by atoms with E-state index in [1.54, 1.807) is 12.1 Å². The van der Waals surface area contributed by atoms with Crippen molar-refractivity contribution in [2.24, 2.45) is 5.73 Å². The lowest BCUT2D eigenvalue weighted by Crippen LogP contribution is -2.17. The van der Waals surface area contributed by atoms with Crippen LogP contribution in [0.4, 0.5) is 8.78 Å². The van der Waals surface area contributed by atoms with Gasteiger partial charge in [-0.05, 0) is 24.3 Å². The number of aromatic amines is 1. The summed E-state index contributed by atoms with van der Waals surface area (Å²) < 4.78 is 29.3. The first-order chi connectivity index (χ1) is 13.4. The summed E-state index contributed by atoms with van der Waals surface area (Å²) in [4.78, 5) is 23.3. The molecule has 8 nitrogen and oxygen atoms in total. The highest BCUT2D eigenvalue weighted by molar-refractivity contribution is 6.03. The number of halogens is 2. The standard InChI is InChI=1S/C18H12F2N6O2/c19-10-5-2-6-11(20)14(10)26-17-13(24-18(26)28)12(15(21)22)23-16(25-17)8-3-1-4-9(27)7-8/h1-7,27H,(H3,21,22)(H,24,28). The number of aromatic nitrogens is 4. The van der Waals surface area contributed by atoms with Crippen molar-refractivity contribution in [2.45, 2.75) is 0 Å². The van der Waals surface area contributed by atoms with Gasteiger partial charge in [0.2, 0.25) is 0 Å². The number of nitrogen functional groups attached to an aromatic ring is 1. The second-order valence-electron chi connectivity index (χ2n) is 5.89. The van der Waals surface area contributed by atoms with Gasteiger partial charge in [0, 0.05) is 5.56 Å². The number of para-hydroxylation sites is 1. The summed E-state index contributed by atoms with van der Waals surface area (Å²) in [5, 5.41) is 17.4. The number of imidazole rings is 1. The molecule has 0 fully saturated rings. The zero-order valence-corrected chi connectivity index (χ0v) is 14.1. The van der Waals surface area contributed by atoms with Crippen LogP contribution in [-0.2, 0) is 0 Å². The highest BCUT2D eigenvalue weighted by atomic mass is 19.1. The summed E-state index contributed by atoms with van der Waals surface area (Å²) in [7, 11) is 0. The first kappa shape index (κ1) is 17.3. The van der Waals surface area contributed by atoms with Crippen LogP contribution in [0.5, 0.6) is 5.75 Å². The smallest absolute Gasteiger partial charge is 0.332 e. The second kappa shape index (κ2) is 6.27. The Balaban J connectivity index is 2.12. The van der Waals surface area contributed by atoms with Crippen LogP contribution >= 0.6 is 0 Å². The van der Waals surface area contributed by atoms with Crippen LogP contribution < -0.4 is 11.4 Å². The molecule has 28 heavy (non-hydrogen) atoms. The highest BCUT2D eigenvalue weighted by Crippen LogP contribution is 2.25. The predicted molar refractivity (Wildman–Crippen MR) is 97.5 cm³/mol. The molecule has 0 amide bonds. The van der Waals surface area contributed by atoms with Gasteiger partial charge in [0.15, 0.2) is 11.5 Å². The Hall–Kier alpha value is -4.08. The predicted octanol–water partition coefficient (Wildman–Crippen LogP) is 2.04. The van der Waals surface area contributed by atoms with Crippen molar-refractivity contribution in [3.63, 3.8) is 0 Å². The molecule has 4 rings (SSSR count). The number of phenols is 1. The summed E-state index contributed by atoms with van der Waals surface area (Å²) in [6.07, 6.45) is 0. The average molecular weight is 382 g/mol. The number of nitrogens with one attached hydrogen (secondary N) is 2. The number of rotatable bonds is 3. The summed E-state index contributed by atoms with van der Waals surface area (Å²) in [6.45, 7) is 0. The number of H-pyrrole nitrogens is 1. The van der Waals surface area contributed by atoms with Gasteiger partial charge in [-0.3, -0.25) is 5.41 Å². The highest BCUT2D eigenvalue weighted by Gasteiger charge is 2.22. The molecule has 0 saturated carbocycles. The van der Waals surface area contributed by atoms with Crippen LogP contribution in [0.15, 0.2) is 47.3 Å². The molecule has 4 aromatic rings. The van der Waals surface area contributed by atoms with E-state index in [2.05, 4.69) is 15.0 Å². The quantitative estimate of drug-likeness (QED) is 0.318. The van der Waals surface area contributed by atoms with E-state index in [4.69, 9.17) is 11.1 Å². The number of aromatic hydroxyl groups is 1. The number of fused-ring (bicyclic) bond motifs is 1. The van der Waals surface area contributed by atoms with Gasteiger partial charge in [-0.1, -0.05) is 18.2 Å².